The van der Waals surface area contributed by atoms with Gasteiger partial charge in [0.25, 0.3) is 0 Å². The zero-order chi connectivity index (χ0) is 10.7. The topological polar surface area (TPSA) is 24.1 Å². The minimum absolute atomic E-state index is 0.875. The van der Waals surface area contributed by atoms with Crippen molar-refractivity contribution in [2.24, 2.45) is 35.5 Å². The molecular weight excluding hydrogens is 196 g/mol. The van der Waals surface area contributed by atoms with Gasteiger partial charge in [0.15, 0.2) is 0 Å². The number of fused-ring (bicyclic) bond motifs is 5. The van der Waals surface area contributed by atoms with Crippen molar-refractivity contribution < 1.29 is 0 Å². The molecule has 0 aromatic carbocycles. The summed E-state index contributed by atoms with van der Waals surface area (Å²) in [5, 5.41) is 7.26. The maximum absolute atomic E-state index is 3.88. The van der Waals surface area contributed by atoms with E-state index in [1.807, 2.05) is 0 Å². The zero-order valence-electron chi connectivity index (χ0n) is 10.3. The molecule has 3 saturated carbocycles. The summed E-state index contributed by atoms with van der Waals surface area (Å²) in [6.07, 6.45) is 4.67. The molecule has 5 unspecified atom stereocenters. The first-order valence-electron chi connectivity index (χ1n) is 7.28. The van der Waals surface area contributed by atoms with Crippen LogP contribution in [0.3, 0.4) is 0 Å². The van der Waals surface area contributed by atoms with Gasteiger partial charge in [-0.2, -0.15) is 0 Å². The fourth-order valence-corrected chi connectivity index (χ4v) is 4.80. The minimum Gasteiger partial charge on any atom is -0.316 e. The van der Waals surface area contributed by atoms with Crippen molar-refractivity contribution >= 4 is 0 Å². The van der Waals surface area contributed by atoms with E-state index in [9.17, 15) is 0 Å². The number of nitrogens with one attached hydrogen (secondary N) is 2. The molecule has 5 atom stereocenters. The van der Waals surface area contributed by atoms with Crippen LogP contribution in [0.5, 0.6) is 0 Å². The maximum Gasteiger partial charge on any atom is 0.0136 e. The molecule has 4 rings (SSSR count). The second kappa shape index (κ2) is 3.46. The molecule has 2 bridgehead atoms. The normalized spacial score (nSPS) is 51.2. The molecule has 1 heterocycles. The third kappa shape index (κ3) is 1.32. The highest BCUT2D eigenvalue weighted by molar-refractivity contribution is 5.16. The van der Waals surface area contributed by atoms with E-state index in [4.69, 9.17) is 0 Å². The molecule has 0 radical (unpaired) electrons. The summed E-state index contributed by atoms with van der Waals surface area (Å²) in [5.74, 6) is 6.26. The molecule has 2 nitrogen and oxygen atoms in total. The Morgan fingerprint density at radius 3 is 2.44 bits per heavy atom. The van der Waals surface area contributed by atoms with Gasteiger partial charge in [-0.05, 0) is 74.4 Å². The van der Waals surface area contributed by atoms with Crippen LogP contribution >= 0.6 is 0 Å². The van der Waals surface area contributed by atoms with Gasteiger partial charge in [0, 0.05) is 6.04 Å². The molecule has 4 aliphatic rings. The summed E-state index contributed by atoms with van der Waals surface area (Å²) >= 11 is 0. The highest BCUT2D eigenvalue weighted by Gasteiger charge is 2.64. The van der Waals surface area contributed by atoms with Gasteiger partial charge in [-0.1, -0.05) is 6.92 Å². The molecule has 3 aliphatic carbocycles. The Balaban J connectivity index is 1.28. The lowest BCUT2D eigenvalue weighted by Crippen LogP contribution is -2.48. The molecule has 0 amide bonds. The fraction of sp³-hybridized carbons (Fsp3) is 1.00. The van der Waals surface area contributed by atoms with E-state index in [2.05, 4.69) is 17.6 Å². The molecular formula is C14H24N2. The van der Waals surface area contributed by atoms with Crippen LogP contribution in [0.1, 0.15) is 26.2 Å². The molecule has 90 valence electrons. The second-order valence-corrected chi connectivity index (χ2v) is 6.82. The number of hydrogen-bond acceptors (Lipinski definition) is 2. The standard InChI is InChI=1S/C14H24N2/c1-8(11-6-15-7-11)5-16-14-12-9-2-3-10(4-9)13(12)14/h8-16H,2-7H2,1H3. The summed E-state index contributed by atoms with van der Waals surface area (Å²) in [5.41, 5.74) is 0. The van der Waals surface area contributed by atoms with Gasteiger partial charge in [-0.25, -0.2) is 0 Å². The van der Waals surface area contributed by atoms with Gasteiger partial charge in [-0.15, -0.1) is 0 Å². The third-order valence-electron chi connectivity index (χ3n) is 6.03. The van der Waals surface area contributed by atoms with E-state index >= 15 is 0 Å². The van der Waals surface area contributed by atoms with Gasteiger partial charge in [0.05, 0.1) is 0 Å². The monoisotopic (exact) mass is 220 g/mol. The lowest BCUT2D eigenvalue weighted by molar-refractivity contribution is 0.239. The predicted octanol–water partition coefficient (Wildman–Crippen LogP) is 1.48. The summed E-state index contributed by atoms with van der Waals surface area (Å²) in [7, 11) is 0. The summed E-state index contributed by atoms with van der Waals surface area (Å²) in [4.78, 5) is 0. The molecule has 2 N–H and O–H groups in total. The van der Waals surface area contributed by atoms with Crippen LogP contribution < -0.4 is 10.6 Å². The van der Waals surface area contributed by atoms with Gasteiger partial charge < -0.3 is 10.6 Å². The van der Waals surface area contributed by atoms with E-state index in [1.165, 1.54) is 19.6 Å². The highest BCUT2D eigenvalue weighted by Crippen LogP contribution is 2.65. The SMILES string of the molecule is CC(CNC1C2C3CCC(C3)C12)C1CNC1. The first-order chi connectivity index (χ1) is 7.84. The van der Waals surface area contributed by atoms with E-state index in [0.717, 1.165) is 41.5 Å². The Bertz CT molecular complexity index is 270. The maximum atomic E-state index is 3.88. The average molecular weight is 220 g/mol. The molecule has 1 aliphatic heterocycles. The van der Waals surface area contributed by atoms with Crippen molar-refractivity contribution in [3.63, 3.8) is 0 Å². The molecule has 2 heteroatoms. The van der Waals surface area contributed by atoms with Crippen molar-refractivity contribution in [3.8, 4) is 0 Å². The van der Waals surface area contributed by atoms with Gasteiger partial charge in [-0.3, -0.25) is 0 Å². The minimum atomic E-state index is 0.875. The third-order valence-corrected chi connectivity index (χ3v) is 6.03. The van der Waals surface area contributed by atoms with Crippen molar-refractivity contribution in [1.29, 1.82) is 0 Å². The van der Waals surface area contributed by atoms with Crippen LogP contribution in [0.4, 0.5) is 0 Å². The lowest BCUT2D eigenvalue weighted by atomic mass is 9.89. The van der Waals surface area contributed by atoms with Crippen LogP contribution in [0.15, 0.2) is 0 Å². The Morgan fingerprint density at radius 2 is 1.88 bits per heavy atom. The van der Waals surface area contributed by atoms with E-state index in [-0.39, 0.29) is 0 Å². The summed E-state index contributed by atoms with van der Waals surface area (Å²) < 4.78 is 0. The van der Waals surface area contributed by atoms with Crippen LogP contribution in [0.25, 0.3) is 0 Å². The van der Waals surface area contributed by atoms with E-state index in [1.54, 1.807) is 19.3 Å². The van der Waals surface area contributed by atoms with E-state index < -0.39 is 0 Å². The molecule has 0 aromatic heterocycles. The van der Waals surface area contributed by atoms with Crippen molar-refractivity contribution in [2.45, 2.75) is 32.2 Å². The van der Waals surface area contributed by atoms with Crippen LogP contribution in [0.2, 0.25) is 0 Å². The quantitative estimate of drug-likeness (QED) is 0.750. The number of rotatable bonds is 4. The summed E-state index contributed by atoms with van der Waals surface area (Å²) in [6, 6.07) is 0.932. The number of hydrogen-bond donors (Lipinski definition) is 2. The van der Waals surface area contributed by atoms with Crippen LogP contribution in [-0.4, -0.2) is 25.7 Å². The van der Waals surface area contributed by atoms with Gasteiger partial charge in [0.2, 0.25) is 0 Å². The zero-order valence-corrected chi connectivity index (χ0v) is 10.3. The smallest absolute Gasteiger partial charge is 0.0136 e. The first-order valence-corrected chi connectivity index (χ1v) is 7.28. The molecule has 0 spiro atoms. The Hall–Kier alpha value is -0.0800. The molecule has 16 heavy (non-hydrogen) atoms. The van der Waals surface area contributed by atoms with Crippen LogP contribution in [-0.2, 0) is 0 Å². The summed E-state index contributed by atoms with van der Waals surface area (Å²) in [6.45, 7) is 6.20. The lowest BCUT2D eigenvalue weighted by Gasteiger charge is -2.33. The molecule has 0 aromatic rings. The first kappa shape index (κ1) is 9.90. The Kier molecular flexibility index (Phi) is 2.14. The van der Waals surface area contributed by atoms with Gasteiger partial charge in [0.1, 0.15) is 0 Å². The van der Waals surface area contributed by atoms with Crippen LogP contribution in [0, 0.1) is 35.5 Å². The average Bonchev–Trinajstić information content (AvgIpc) is 2.61. The largest absolute Gasteiger partial charge is 0.316 e. The van der Waals surface area contributed by atoms with E-state index in [0.29, 0.717) is 0 Å². The Labute approximate surface area is 98.6 Å². The predicted molar refractivity (Wildman–Crippen MR) is 65.1 cm³/mol. The van der Waals surface area contributed by atoms with Gasteiger partial charge >= 0.3 is 0 Å². The Morgan fingerprint density at radius 1 is 1.19 bits per heavy atom. The van der Waals surface area contributed by atoms with Crippen molar-refractivity contribution in [1.82, 2.24) is 10.6 Å². The van der Waals surface area contributed by atoms with Crippen molar-refractivity contribution in [3.05, 3.63) is 0 Å². The highest BCUT2D eigenvalue weighted by atomic mass is 15.0. The molecule has 4 fully saturated rings. The molecule has 1 saturated heterocycles. The van der Waals surface area contributed by atoms with Crippen molar-refractivity contribution in [2.75, 3.05) is 19.6 Å². The fourth-order valence-electron chi connectivity index (χ4n) is 4.80. The second-order valence-electron chi connectivity index (χ2n) is 6.82.